The molecule has 0 aromatic rings. The number of hydrogen-bond acceptors (Lipinski definition) is 2. The number of carbonyl (C=O) groups is 1. The van der Waals surface area contributed by atoms with Gasteiger partial charge in [-0.15, -0.1) is 11.8 Å². The molecule has 10 heavy (non-hydrogen) atoms. The van der Waals surface area contributed by atoms with Crippen LogP contribution in [0.2, 0.25) is 0 Å². The average Bonchev–Trinajstić information content (AvgIpc) is 2.57. The van der Waals surface area contributed by atoms with E-state index in [0.29, 0.717) is 12.2 Å². The highest BCUT2D eigenvalue weighted by Crippen LogP contribution is 2.52. The van der Waals surface area contributed by atoms with Crippen LogP contribution >= 0.6 is 11.8 Å². The molecule has 0 spiro atoms. The third kappa shape index (κ3) is 0.908. The smallest absolute Gasteiger partial charge is 0.168 e. The maximum absolute atomic E-state index is 11.1. The zero-order valence-corrected chi connectivity index (χ0v) is 6.78. The number of rotatable bonds is 2. The predicted octanol–water partition coefficient (Wildman–Crippen LogP) is 1.98. The summed E-state index contributed by atoms with van der Waals surface area (Å²) in [4.78, 5) is 12.1. The van der Waals surface area contributed by atoms with Gasteiger partial charge in [0, 0.05) is 16.6 Å². The van der Waals surface area contributed by atoms with Gasteiger partial charge in [-0.05, 0) is 12.3 Å². The van der Waals surface area contributed by atoms with Gasteiger partial charge in [0.2, 0.25) is 0 Å². The number of allylic oxidation sites excluding steroid dienone is 2. The lowest BCUT2D eigenvalue weighted by Crippen LogP contribution is -1.95. The first-order valence-electron chi connectivity index (χ1n) is 3.73. The molecule has 0 aromatic heterocycles. The summed E-state index contributed by atoms with van der Waals surface area (Å²) >= 11 is 1.78. The second-order valence-electron chi connectivity index (χ2n) is 2.86. The van der Waals surface area contributed by atoms with E-state index < -0.39 is 0 Å². The van der Waals surface area contributed by atoms with Gasteiger partial charge in [0.05, 0.1) is 0 Å². The summed E-state index contributed by atoms with van der Waals surface area (Å²) in [6.07, 6.45) is 4.13. The van der Waals surface area contributed by atoms with Crippen LogP contribution in [0.3, 0.4) is 0 Å². The van der Waals surface area contributed by atoms with E-state index in [2.05, 4.69) is 6.08 Å². The Bertz CT molecular complexity index is 207. The Labute approximate surface area is 64.9 Å². The molecule has 0 saturated heterocycles. The fraction of sp³-hybridized carbons (Fsp3) is 0.625. The van der Waals surface area contributed by atoms with Crippen molar-refractivity contribution in [3.63, 3.8) is 0 Å². The Balaban J connectivity index is 2.06. The molecule has 0 N–H and O–H groups in total. The van der Waals surface area contributed by atoms with Crippen LogP contribution in [0.15, 0.2) is 11.0 Å². The second kappa shape index (κ2) is 2.12. The van der Waals surface area contributed by atoms with Crippen molar-refractivity contribution in [2.45, 2.75) is 25.0 Å². The minimum atomic E-state index is 0.331. The maximum Gasteiger partial charge on any atom is 0.168 e. The number of carbonyl (C=O) groups excluding carboxylic acids is 1. The van der Waals surface area contributed by atoms with Gasteiger partial charge in [0.15, 0.2) is 5.78 Å². The maximum atomic E-state index is 11.1. The Morgan fingerprint density at radius 2 is 2.70 bits per heavy atom. The van der Waals surface area contributed by atoms with Crippen LogP contribution < -0.4 is 0 Å². The normalized spacial score (nSPS) is 35.1. The molecule has 0 radical (unpaired) electrons. The molecule has 2 heteroatoms. The molecule has 0 bridgehead atoms. The first-order chi connectivity index (χ1) is 4.81. The minimum absolute atomic E-state index is 0.331. The number of thioether (sulfide) groups is 1. The molecule has 0 amide bonds. The summed E-state index contributed by atoms with van der Waals surface area (Å²) in [5.41, 5.74) is 0. The summed E-state index contributed by atoms with van der Waals surface area (Å²) in [5.74, 6) is 1.09. The van der Waals surface area contributed by atoms with Crippen LogP contribution in [0.4, 0.5) is 0 Å². The van der Waals surface area contributed by atoms with E-state index in [4.69, 9.17) is 0 Å². The molecule has 2 atom stereocenters. The van der Waals surface area contributed by atoms with Gasteiger partial charge in [-0.1, -0.05) is 13.0 Å². The van der Waals surface area contributed by atoms with Crippen molar-refractivity contribution >= 4 is 17.5 Å². The molecule has 2 rings (SSSR count). The fourth-order valence-corrected chi connectivity index (χ4v) is 2.66. The SMILES string of the molecule is CCC(=O)C1=CC2CC2S1. The van der Waals surface area contributed by atoms with Crippen molar-refractivity contribution < 1.29 is 4.79 Å². The first-order valence-corrected chi connectivity index (χ1v) is 4.61. The van der Waals surface area contributed by atoms with Crippen LogP contribution in [0.25, 0.3) is 0 Å². The average molecular weight is 154 g/mol. The molecule has 1 heterocycles. The van der Waals surface area contributed by atoms with Gasteiger partial charge in [-0.25, -0.2) is 0 Å². The standard InChI is InChI=1S/C8H10OS/c1-2-6(9)8-4-5-3-7(5)10-8/h4-5,7H,2-3H2,1H3. The van der Waals surface area contributed by atoms with Crippen molar-refractivity contribution in [2.24, 2.45) is 5.92 Å². The van der Waals surface area contributed by atoms with Crippen molar-refractivity contribution in [1.29, 1.82) is 0 Å². The Hall–Kier alpha value is -0.240. The molecule has 54 valence electrons. The molecule has 1 saturated carbocycles. The highest BCUT2D eigenvalue weighted by Gasteiger charge is 2.42. The number of fused-ring (bicyclic) bond motifs is 1. The Morgan fingerprint density at radius 1 is 1.90 bits per heavy atom. The number of ketones is 1. The third-order valence-corrected chi connectivity index (χ3v) is 3.48. The summed E-state index contributed by atoms with van der Waals surface area (Å²) in [5, 5.41) is 0.783. The van der Waals surface area contributed by atoms with Gasteiger partial charge in [-0.2, -0.15) is 0 Å². The lowest BCUT2D eigenvalue weighted by atomic mass is 10.2. The second-order valence-corrected chi connectivity index (χ2v) is 4.14. The van der Waals surface area contributed by atoms with Crippen LogP contribution in [0.5, 0.6) is 0 Å². The Morgan fingerprint density at radius 3 is 3.20 bits per heavy atom. The van der Waals surface area contributed by atoms with E-state index in [0.717, 1.165) is 16.1 Å². The molecular weight excluding hydrogens is 144 g/mol. The number of hydrogen-bond donors (Lipinski definition) is 0. The van der Waals surface area contributed by atoms with E-state index in [-0.39, 0.29) is 0 Å². The summed E-state index contributed by atoms with van der Waals surface area (Å²) in [6, 6.07) is 0. The monoisotopic (exact) mass is 154 g/mol. The van der Waals surface area contributed by atoms with Gasteiger partial charge < -0.3 is 0 Å². The molecule has 1 fully saturated rings. The van der Waals surface area contributed by atoms with E-state index in [1.165, 1.54) is 6.42 Å². The van der Waals surface area contributed by atoms with Crippen LogP contribution in [0.1, 0.15) is 19.8 Å². The fourth-order valence-electron chi connectivity index (χ4n) is 1.23. The van der Waals surface area contributed by atoms with Crippen LogP contribution in [-0.4, -0.2) is 11.0 Å². The van der Waals surface area contributed by atoms with E-state index >= 15 is 0 Å². The zero-order chi connectivity index (χ0) is 7.14. The summed E-state index contributed by atoms with van der Waals surface area (Å²) in [7, 11) is 0. The molecule has 1 aliphatic carbocycles. The van der Waals surface area contributed by atoms with Gasteiger partial charge in [0.25, 0.3) is 0 Å². The van der Waals surface area contributed by atoms with Gasteiger partial charge >= 0.3 is 0 Å². The molecule has 1 nitrogen and oxygen atoms in total. The zero-order valence-electron chi connectivity index (χ0n) is 5.96. The Kier molecular flexibility index (Phi) is 1.37. The molecule has 2 aliphatic rings. The van der Waals surface area contributed by atoms with Gasteiger partial charge in [-0.3, -0.25) is 4.79 Å². The van der Waals surface area contributed by atoms with Crippen LogP contribution in [-0.2, 0) is 4.79 Å². The highest BCUT2D eigenvalue weighted by atomic mass is 32.2. The van der Waals surface area contributed by atoms with Crippen molar-refractivity contribution in [2.75, 3.05) is 0 Å². The van der Waals surface area contributed by atoms with E-state index in [1.807, 2.05) is 6.92 Å². The topological polar surface area (TPSA) is 17.1 Å². The molecule has 2 unspecified atom stereocenters. The third-order valence-electron chi connectivity index (χ3n) is 2.02. The van der Waals surface area contributed by atoms with Crippen molar-refractivity contribution in [1.82, 2.24) is 0 Å². The summed E-state index contributed by atoms with van der Waals surface area (Å²) in [6.45, 7) is 1.92. The number of Topliss-reactive ketones (excluding diaryl/α,β-unsaturated/α-hetero) is 1. The van der Waals surface area contributed by atoms with Gasteiger partial charge in [0.1, 0.15) is 0 Å². The predicted molar refractivity (Wildman–Crippen MR) is 42.9 cm³/mol. The van der Waals surface area contributed by atoms with Crippen molar-refractivity contribution in [3.8, 4) is 0 Å². The quantitative estimate of drug-likeness (QED) is 0.605. The molecule has 1 aliphatic heterocycles. The highest BCUT2D eigenvalue weighted by molar-refractivity contribution is 8.05. The van der Waals surface area contributed by atoms with E-state index in [1.54, 1.807) is 11.8 Å². The lowest BCUT2D eigenvalue weighted by Gasteiger charge is -1.96. The summed E-state index contributed by atoms with van der Waals surface area (Å²) < 4.78 is 0. The van der Waals surface area contributed by atoms with Crippen molar-refractivity contribution in [3.05, 3.63) is 11.0 Å². The van der Waals surface area contributed by atoms with Crippen LogP contribution in [0, 0.1) is 5.92 Å². The first kappa shape index (κ1) is 6.47. The minimum Gasteiger partial charge on any atom is -0.294 e. The molecular formula is C8H10OS. The van der Waals surface area contributed by atoms with E-state index in [9.17, 15) is 4.79 Å². The lowest BCUT2D eigenvalue weighted by molar-refractivity contribution is -0.114. The largest absolute Gasteiger partial charge is 0.294 e. The molecule has 0 aromatic carbocycles.